The molecule has 0 atom stereocenters. The van der Waals surface area contributed by atoms with Crippen LogP contribution in [0.3, 0.4) is 0 Å². The van der Waals surface area contributed by atoms with E-state index in [2.05, 4.69) is 19.1 Å². The third-order valence-electron chi connectivity index (χ3n) is 2.69. The van der Waals surface area contributed by atoms with Gasteiger partial charge in [-0.2, -0.15) is 0 Å². The highest BCUT2D eigenvalue weighted by Gasteiger charge is 2.04. The van der Waals surface area contributed by atoms with Crippen molar-refractivity contribution in [2.24, 2.45) is 0 Å². The standard InChI is InChI=1S/C14H15NO/c1-10-5-3-4-6-12(10)11-7-8-13(15)14(9-11)16-2/h3-9H,15H2,1-2H3. The van der Waals surface area contributed by atoms with E-state index in [1.807, 2.05) is 30.3 Å². The monoisotopic (exact) mass is 213 g/mol. The smallest absolute Gasteiger partial charge is 0.142 e. The van der Waals surface area contributed by atoms with Crippen molar-refractivity contribution in [2.75, 3.05) is 12.8 Å². The van der Waals surface area contributed by atoms with Crippen molar-refractivity contribution in [3.63, 3.8) is 0 Å². The van der Waals surface area contributed by atoms with Crippen LogP contribution in [-0.4, -0.2) is 7.11 Å². The summed E-state index contributed by atoms with van der Waals surface area (Å²) in [6, 6.07) is 14.1. The van der Waals surface area contributed by atoms with Gasteiger partial charge in [-0.25, -0.2) is 0 Å². The summed E-state index contributed by atoms with van der Waals surface area (Å²) in [5.41, 5.74) is 10.0. The van der Waals surface area contributed by atoms with Crippen LogP contribution in [0.5, 0.6) is 5.75 Å². The van der Waals surface area contributed by atoms with E-state index < -0.39 is 0 Å². The Morgan fingerprint density at radius 3 is 2.50 bits per heavy atom. The second-order valence-corrected chi connectivity index (χ2v) is 3.77. The number of nitrogen functional groups attached to an aromatic ring is 1. The maximum Gasteiger partial charge on any atom is 0.142 e. The highest BCUT2D eigenvalue weighted by Crippen LogP contribution is 2.30. The quantitative estimate of drug-likeness (QED) is 0.777. The lowest BCUT2D eigenvalue weighted by molar-refractivity contribution is 0.417. The average molecular weight is 213 g/mol. The summed E-state index contributed by atoms with van der Waals surface area (Å²) in [6.45, 7) is 2.10. The lowest BCUT2D eigenvalue weighted by Crippen LogP contribution is -1.92. The van der Waals surface area contributed by atoms with Crippen LogP contribution in [0.15, 0.2) is 42.5 Å². The number of hydrogen-bond acceptors (Lipinski definition) is 2. The summed E-state index contributed by atoms with van der Waals surface area (Å²) >= 11 is 0. The van der Waals surface area contributed by atoms with Gasteiger partial charge in [0, 0.05) is 0 Å². The largest absolute Gasteiger partial charge is 0.495 e. The summed E-state index contributed by atoms with van der Waals surface area (Å²) in [5, 5.41) is 0. The zero-order chi connectivity index (χ0) is 11.5. The molecule has 0 aliphatic heterocycles. The Bertz CT molecular complexity index is 506. The van der Waals surface area contributed by atoms with Crippen molar-refractivity contribution in [3.8, 4) is 16.9 Å². The summed E-state index contributed by atoms with van der Waals surface area (Å²) in [6.07, 6.45) is 0. The number of nitrogens with two attached hydrogens (primary N) is 1. The van der Waals surface area contributed by atoms with Crippen molar-refractivity contribution >= 4 is 5.69 Å². The molecule has 0 bridgehead atoms. The van der Waals surface area contributed by atoms with E-state index in [-0.39, 0.29) is 0 Å². The van der Waals surface area contributed by atoms with E-state index in [0.29, 0.717) is 5.69 Å². The predicted molar refractivity (Wildman–Crippen MR) is 67.6 cm³/mol. The molecule has 0 unspecified atom stereocenters. The average Bonchev–Trinajstić information content (AvgIpc) is 2.31. The number of hydrogen-bond donors (Lipinski definition) is 1. The molecule has 0 spiro atoms. The molecule has 0 radical (unpaired) electrons. The number of methoxy groups -OCH3 is 1. The first-order valence-electron chi connectivity index (χ1n) is 5.22. The van der Waals surface area contributed by atoms with Gasteiger partial charge < -0.3 is 10.5 Å². The number of anilines is 1. The molecule has 0 saturated carbocycles. The molecule has 2 aromatic carbocycles. The third kappa shape index (κ3) is 1.87. The van der Waals surface area contributed by atoms with Gasteiger partial charge in [0.15, 0.2) is 0 Å². The predicted octanol–water partition coefficient (Wildman–Crippen LogP) is 3.25. The van der Waals surface area contributed by atoms with E-state index in [4.69, 9.17) is 10.5 Å². The minimum Gasteiger partial charge on any atom is -0.495 e. The summed E-state index contributed by atoms with van der Waals surface area (Å²) in [7, 11) is 1.63. The topological polar surface area (TPSA) is 35.2 Å². The first-order valence-corrected chi connectivity index (χ1v) is 5.22. The second-order valence-electron chi connectivity index (χ2n) is 3.77. The molecule has 2 nitrogen and oxygen atoms in total. The molecular weight excluding hydrogens is 198 g/mol. The highest BCUT2D eigenvalue weighted by molar-refractivity contribution is 5.72. The van der Waals surface area contributed by atoms with E-state index in [9.17, 15) is 0 Å². The van der Waals surface area contributed by atoms with Gasteiger partial charge >= 0.3 is 0 Å². The molecule has 2 N–H and O–H groups in total. The van der Waals surface area contributed by atoms with Crippen molar-refractivity contribution in [1.82, 2.24) is 0 Å². The van der Waals surface area contributed by atoms with Gasteiger partial charge in [0.05, 0.1) is 12.8 Å². The van der Waals surface area contributed by atoms with Crippen LogP contribution >= 0.6 is 0 Å². The van der Waals surface area contributed by atoms with Gasteiger partial charge in [0.2, 0.25) is 0 Å². The molecule has 2 heteroatoms. The minimum atomic E-state index is 0.667. The molecule has 2 aromatic rings. The van der Waals surface area contributed by atoms with Crippen LogP contribution in [-0.2, 0) is 0 Å². The van der Waals surface area contributed by atoms with Crippen molar-refractivity contribution in [2.45, 2.75) is 6.92 Å². The molecule has 0 heterocycles. The Morgan fingerprint density at radius 1 is 1.06 bits per heavy atom. The van der Waals surface area contributed by atoms with Gasteiger partial charge in [0.25, 0.3) is 0 Å². The van der Waals surface area contributed by atoms with Crippen molar-refractivity contribution < 1.29 is 4.74 Å². The fraction of sp³-hybridized carbons (Fsp3) is 0.143. The SMILES string of the molecule is COc1cc(-c2ccccc2C)ccc1N. The number of benzene rings is 2. The van der Waals surface area contributed by atoms with E-state index in [1.165, 1.54) is 11.1 Å². The van der Waals surface area contributed by atoms with Gasteiger partial charge in [-0.15, -0.1) is 0 Å². The Morgan fingerprint density at radius 2 is 1.81 bits per heavy atom. The van der Waals surface area contributed by atoms with E-state index >= 15 is 0 Å². The van der Waals surface area contributed by atoms with Gasteiger partial charge in [-0.1, -0.05) is 30.3 Å². The summed E-state index contributed by atoms with van der Waals surface area (Å²) in [4.78, 5) is 0. The van der Waals surface area contributed by atoms with Crippen molar-refractivity contribution in [1.29, 1.82) is 0 Å². The maximum absolute atomic E-state index is 5.79. The van der Waals surface area contributed by atoms with Gasteiger partial charge in [0.1, 0.15) is 5.75 Å². The van der Waals surface area contributed by atoms with E-state index in [0.717, 1.165) is 11.3 Å². The minimum absolute atomic E-state index is 0.667. The summed E-state index contributed by atoms with van der Waals surface area (Å²) < 4.78 is 5.22. The molecule has 2 rings (SSSR count). The Kier molecular flexibility index (Phi) is 2.82. The van der Waals surface area contributed by atoms with Crippen LogP contribution in [0.2, 0.25) is 0 Å². The zero-order valence-corrected chi connectivity index (χ0v) is 9.53. The normalized spacial score (nSPS) is 10.1. The van der Waals surface area contributed by atoms with Crippen LogP contribution < -0.4 is 10.5 Å². The van der Waals surface area contributed by atoms with Crippen LogP contribution in [0, 0.1) is 6.92 Å². The Balaban J connectivity index is 2.53. The molecule has 0 aliphatic carbocycles. The Hall–Kier alpha value is -1.96. The molecule has 0 saturated heterocycles. The molecular formula is C14H15NO. The summed E-state index contributed by atoms with van der Waals surface area (Å²) in [5.74, 6) is 0.723. The number of rotatable bonds is 2. The molecule has 0 amide bonds. The molecule has 16 heavy (non-hydrogen) atoms. The van der Waals surface area contributed by atoms with E-state index in [1.54, 1.807) is 7.11 Å². The van der Waals surface area contributed by atoms with Crippen molar-refractivity contribution in [3.05, 3.63) is 48.0 Å². The molecule has 82 valence electrons. The van der Waals surface area contributed by atoms with Crippen LogP contribution in [0.25, 0.3) is 11.1 Å². The van der Waals surface area contributed by atoms with Crippen LogP contribution in [0.4, 0.5) is 5.69 Å². The fourth-order valence-electron chi connectivity index (χ4n) is 1.78. The highest BCUT2D eigenvalue weighted by atomic mass is 16.5. The third-order valence-corrected chi connectivity index (χ3v) is 2.69. The lowest BCUT2D eigenvalue weighted by atomic mass is 10.0. The second kappa shape index (κ2) is 4.27. The lowest BCUT2D eigenvalue weighted by Gasteiger charge is -2.09. The number of ether oxygens (including phenoxy) is 1. The first kappa shape index (κ1) is 10.6. The number of aryl methyl sites for hydroxylation is 1. The van der Waals surface area contributed by atoms with Crippen LogP contribution in [0.1, 0.15) is 5.56 Å². The molecule has 0 aromatic heterocycles. The Labute approximate surface area is 95.7 Å². The van der Waals surface area contributed by atoms with Gasteiger partial charge in [-0.3, -0.25) is 0 Å². The van der Waals surface area contributed by atoms with Gasteiger partial charge in [-0.05, 0) is 35.7 Å². The molecule has 0 aliphatic rings. The fourth-order valence-corrected chi connectivity index (χ4v) is 1.78. The maximum atomic E-state index is 5.79. The molecule has 0 fully saturated rings. The first-order chi connectivity index (χ1) is 7.72. The zero-order valence-electron chi connectivity index (χ0n) is 9.53.